The van der Waals surface area contributed by atoms with E-state index in [0.717, 1.165) is 28.6 Å². The molecule has 2 aromatic carbocycles. The van der Waals surface area contributed by atoms with Gasteiger partial charge in [-0.25, -0.2) is 0 Å². The van der Waals surface area contributed by atoms with Gasteiger partial charge in [-0.1, -0.05) is 52.3 Å². The van der Waals surface area contributed by atoms with Crippen LogP contribution in [-0.4, -0.2) is 18.6 Å². The molecule has 1 N–H and O–H groups in total. The predicted molar refractivity (Wildman–Crippen MR) is 97.3 cm³/mol. The van der Waals surface area contributed by atoms with Crippen molar-refractivity contribution in [1.82, 2.24) is 5.32 Å². The first-order chi connectivity index (χ1) is 11.7. The number of rotatable bonds is 4. The van der Waals surface area contributed by atoms with E-state index < -0.39 is 0 Å². The van der Waals surface area contributed by atoms with Crippen molar-refractivity contribution in [2.24, 2.45) is 0 Å². The molecule has 124 valence electrons. The summed E-state index contributed by atoms with van der Waals surface area (Å²) >= 11 is 3.60. The van der Waals surface area contributed by atoms with Crippen molar-refractivity contribution in [2.75, 3.05) is 6.61 Å². The standard InChI is InChI=1S/C20H20BrNO2/c21-17-7-3-1-6-15(17)16-12-18(16)22-20(23)11-13-9-10-24-19-8-4-2-5-14(13)19/h1-8,13,16,18H,9-12H2,(H,22,23)/t13-,16+,18-/m1/s1. The highest BCUT2D eigenvalue weighted by Gasteiger charge is 2.40. The number of fused-ring (bicyclic) bond motifs is 1. The minimum atomic E-state index is 0.149. The number of carbonyl (C=O) groups excluding carboxylic acids is 1. The van der Waals surface area contributed by atoms with Crippen LogP contribution in [0.25, 0.3) is 0 Å². The SMILES string of the molecule is O=C(C[C@H]1CCOc2ccccc21)N[C@@H]1C[C@H]1c1ccccc1Br. The third kappa shape index (κ3) is 3.20. The van der Waals surface area contributed by atoms with Crippen molar-refractivity contribution in [3.05, 3.63) is 64.1 Å². The van der Waals surface area contributed by atoms with E-state index in [1.54, 1.807) is 0 Å². The zero-order valence-corrected chi connectivity index (χ0v) is 15.0. The largest absolute Gasteiger partial charge is 0.493 e. The highest BCUT2D eigenvalue weighted by Crippen LogP contribution is 2.44. The molecule has 2 aromatic rings. The molecular formula is C20H20BrNO2. The molecule has 1 aliphatic carbocycles. The molecule has 1 heterocycles. The molecule has 1 saturated carbocycles. The lowest BCUT2D eigenvalue weighted by Gasteiger charge is -2.25. The Kier molecular flexibility index (Phi) is 4.31. The van der Waals surface area contributed by atoms with E-state index in [4.69, 9.17) is 4.74 Å². The molecule has 0 spiro atoms. The van der Waals surface area contributed by atoms with Crippen molar-refractivity contribution in [3.8, 4) is 5.75 Å². The Labute approximate surface area is 150 Å². The van der Waals surface area contributed by atoms with E-state index in [1.807, 2.05) is 24.3 Å². The Balaban J connectivity index is 1.37. The van der Waals surface area contributed by atoms with E-state index in [9.17, 15) is 4.79 Å². The summed E-state index contributed by atoms with van der Waals surface area (Å²) in [6.45, 7) is 0.692. The van der Waals surface area contributed by atoms with Gasteiger partial charge in [-0.2, -0.15) is 0 Å². The predicted octanol–water partition coefficient (Wildman–Crippen LogP) is 4.38. The van der Waals surface area contributed by atoms with Crippen LogP contribution in [0.2, 0.25) is 0 Å². The summed E-state index contributed by atoms with van der Waals surface area (Å²) in [5.41, 5.74) is 2.45. The third-order valence-corrected chi connectivity index (χ3v) is 5.68. The topological polar surface area (TPSA) is 38.3 Å². The number of hydrogen-bond donors (Lipinski definition) is 1. The van der Waals surface area contributed by atoms with Gasteiger partial charge in [0, 0.05) is 22.9 Å². The van der Waals surface area contributed by atoms with Gasteiger partial charge < -0.3 is 10.1 Å². The molecule has 24 heavy (non-hydrogen) atoms. The van der Waals surface area contributed by atoms with E-state index >= 15 is 0 Å². The van der Waals surface area contributed by atoms with Crippen LogP contribution >= 0.6 is 15.9 Å². The Morgan fingerprint density at radius 3 is 2.71 bits per heavy atom. The zero-order chi connectivity index (χ0) is 16.5. The second kappa shape index (κ2) is 6.60. The van der Waals surface area contributed by atoms with Crippen molar-refractivity contribution >= 4 is 21.8 Å². The number of nitrogens with one attached hydrogen (secondary N) is 1. The quantitative estimate of drug-likeness (QED) is 0.847. The van der Waals surface area contributed by atoms with Crippen LogP contribution < -0.4 is 10.1 Å². The normalized spacial score (nSPS) is 24.6. The monoisotopic (exact) mass is 385 g/mol. The fourth-order valence-electron chi connectivity index (χ4n) is 3.59. The maximum Gasteiger partial charge on any atom is 0.220 e. The van der Waals surface area contributed by atoms with Crippen molar-refractivity contribution in [2.45, 2.75) is 37.1 Å². The smallest absolute Gasteiger partial charge is 0.220 e. The van der Waals surface area contributed by atoms with Gasteiger partial charge in [-0.05, 0) is 42.0 Å². The lowest BCUT2D eigenvalue weighted by molar-refractivity contribution is -0.121. The molecule has 0 unspecified atom stereocenters. The zero-order valence-electron chi connectivity index (χ0n) is 13.4. The number of para-hydroxylation sites is 1. The molecule has 3 nitrogen and oxygen atoms in total. The maximum atomic E-state index is 12.5. The molecule has 0 aromatic heterocycles. The second-order valence-electron chi connectivity index (χ2n) is 6.61. The second-order valence-corrected chi connectivity index (χ2v) is 7.47. The van der Waals surface area contributed by atoms with Crippen LogP contribution in [0.3, 0.4) is 0 Å². The van der Waals surface area contributed by atoms with Crippen LogP contribution in [0, 0.1) is 0 Å². The van der Waals surface area contributed by atoms with Gasteiger partial charge in [0.05, 0.1) is 6.61 Å². The van der Waals surface area contributed by atoms with Gasteiger partial charge >= 0.3 is 0 Å². The molecule has 1 amide bonds. The highest BCUT2D eigenvalue weighted by atomic mass is 79.9. The van der Waals surface area contributed by atoms with Crippen LogP contribution in [0.5, 0.6) is 5.75 Å². The number of hydrogen-bond acceptors (Lipinski definition) is 2. The first-order valence-electron chi connectivity index (χ1n) is 8.48. The molecule has 0 saturated heterocycles. The van der Waals surface area contributed by atoms with Crippen LogP contribution in [0.15, 0.2) is 53.0 Å². The van der Waals surface area contributed by atoms with E-state index in [0.29, 0.717) is 18.9 Å². The molecule has 4 heteroatoms. The van der Waals surface area contributed by atoms with Crippen LogP contribution in [0.4, 0.5) is 0 Å². The average Bonchev–Trinajstić information content (AvgIpc) is 3.34. The summed E-state index contributed by atoms with van der Waals surface area (Å²) in [6, 6.07) is 16.6. The van der Waals surface area contributed by atoms with E-state index in [-0.39, 0.29) is 17.9 Å². The fourth-order valence-corrected chi connectivity index (χ4v) is 4.17. The lowest BCUT2D eigenvalue weighted by Crippen LogP contribution is -2.29. The summed E-state index contributed by atoms with van der Waals surface area (Å²) in [5, 5.41) is 3.21. The number of benzene rings is 2. The first kappa shape index (κ1) is 15.7. The molecule has 1 fully saturated rings. The van der Waals surface area contributed by atoms with Crippen molar-refractivity contribution in [1.29, 1.82) is 0 Å². The van der Waals surface area contributed by atoms with Gasteiger partial charge in [-0.15, -0.1) is 0 Å². The van der Waals surface area contributed by atoms with E-state index in [1.165, 1.54) is 5.56 Å². The number of ether oxygens (including phenoxy) is 1. The highest BCUT2D eigenvalue weighted by molar-refractivity contribution is 9.10. The number of carbonyl (C=O) groups is 1. The fraction of sp³-hybridized carbons (Fsp3) is 0.350. The number of halogens is 1. The van der Waals surface area contributed by atoms with Gasteiger partial charge in [0.15, 0.2) is 0 Å². The summed E-state index contributed by atoms with van der Waals surface area (Å²) in [7, 11) is 0. The third-order valence-electron chi connectivity index (χ3n) is 4.96. The summed E-state index contributed by atoms with van der Waals surface area (Å²) < 4.78 is 6.81. The molecule has 3 atom stereocenters. The molecule has 0 radical (unpaired) electrons. The molecule has 1 aliphatic heterocycles. The van der Waals surface area contributed by atoms with Crippen LogP contribution in [-0.2, 0) is 4.79 Å². The van der Waals surface area contributed by atoms with Crippen molar-refractivity contribution in [3.63, 3.8) is 0 Å². The Morgan fingerprint density at radius 1 is 1.12 bits per heavy atom. The Hall–Kier alpha value is -1.81. The molecule has 2 aliphatic rings. The van der Waals surface area contributed by atoms with Gasteiger partial charge in [-0.3, -0.25) is 4.79 Å². The first-order valence-corrected chi connectivity index (χ1v) is 9.27. The molecule has 0 bridgehead atoms. The van der Waals surface area contributed by atoms with E-state index in [2.05, 4.69) is 45.5 Å². The van der Waals surface area contributed by atoms with Crippen LogP contribution in [0.1, 0.15) is 42.2 Å². The summed E-state index contributed by atoms with van der Waals surface area (Å²) in [4.78, 5) is 12.5. The maximum absolute atomic E-state index is 12.5. The minimum absolute atomic E-state index is 0.149. The van der Waals surface area contributed by atoms with Gasteiger partial charge in [0.2, 0.25) is 5.91 Å². The minimum Gasteiger partial charge on any atom is -0.493 e. The number of amides is 1. The van der Waals surface area contributed by atoms with Crippen molar-refractivity contribution < 1.29 is 9.53 Å². The Bertz CT molecular complexity index is 761. The molecular weight excluding hydrogens is 366 g/mol. The average molecular weight is 386 g/mol. The summed E-state index contributed by atoms with van der Waals surface area (Å²) in [5.74, 6) is 1.78. The molecule has 4 rings (SSSR count). The van der Waals surface area contributed by atoms with Gasteiger partial charge in [0.1, 0.15) is 5.75 Å². The summed E-state index contributed by atoms with van der Waals surface area (Å²) in [6.07, 6.45) is 2.47. The van der Waals surface area contributed by atoms with Gasteiger partial charge in [0.25, 0.3) is 0 Å². The Morgan fingerprint density at radius 2 is 1.88 bits per heavy atom. The lowest BCUT2D eigenvalue weighted by atomic mass is 9.90.